The molecule has 0 spiro atoms. The molecule has 1 aromatic carbocycles. The molecular weight excluding hydrogens is 268 g/mol. The van der Waals surface area contributed by atoms with Gasteiger partial charge in [-0.05, 0) is 12.1 Å². The lowest BCUT2D eigenvalue weighted by molar-refractivity contribution is 0.0990. The van der Waals surface area contributed by atoms with E-state index in [0.29, 0.717) is 5.39 Å². The van der Waals surface area contributed by atoms with Crippen LogP contribution in [0.2, 0.25) is 0 Å². The summed E-state index contributed by atoms with van der Waals surface area (Å²) in [4.78, 5) is 18.7. The largest absolute Gasteiger partial charge is 0.363 e. The number of hydrogen-bond acceptors (Lipinski definition) is 4. The van der Waals surface area contributed by atoms with E-state index in [1.165, 1.54) is 18.5 Å². The highest BCUT2D eigenvalue weighted by atomic mass is 19.1. The Morgan fingerprint density at radius 1 is 1.20 bits per heavy atom. The van der Waals surface area contributed by atoms with E-state index in [1.54, 1.807) is 0 Å². The highest BCUT2D eigenvalue weighted by Gasteiger charge is 2.16. The molecule has 3 aromatic rings. The van der Waals surface area contributed by atoms with Crippen molar-refractivity contribution in [1.29, 1.82) is 0 Å². The van der Waals surface area contributed by atoms with E-state index >= 15 is 0 Å². The zero-order valence-electron chi connectivity index (χ0n) is 9.92. The predicted molar refractivity (Wildman–Crippen MR) is 65.1 cm³/mol. The number of para-hydroxylation sites is 1. The summed E-state index contributed by atoms with van der Waals surface area (Å²) in [5.41, 5.74) is 4.80. The third-order valence-electron chi connectivity index (χ3n) is 2.68. The normalized spacial score (nSPS) is 10.9. The number of primary amides is 1. The van der Waals surface area contributed by atoms with Crippen LogP contribution in [0.25, 0.3) is 16.7 Å². The van der Waals surface area contributed by atoms with Gasteiger partial charge in [0.15, 0.2) is 17.3 Å². The molecule has 0 aliphatic carbocycles. The van der Waals surface area contributed by atoms with Gasteiger partial charge < -0.3 is 5.73 Å². The third kappa shape index (κ3) is 1.78. The van der Waals surface area contributed by atoms with E-state index in [9.17, 15) is 13.6 Å². The molecule has 8 heteroatoms. The predicted octanol–water partition coefficient (Wildman–Crippen LogP) is 1.19. The van der Waals surface area contributed by atoms with E-state index in [2.05, 4.69) is 15.1 Å². The number of nitrogens with two attached hydrogens (primary N) is 1. The van der Waals surface area contributed by atoms with E-state index in [1.807, 2.05) is 0 Å². The summed E-state index contributed by atoms with van der Waals surface area (Å²) >= 11 is 0. The van der Waals surface area contributed by atoms with Gasteiger partial charge in [-0.1, -0.05) is 6.07 Å². The molecule has 0 bridgehead atoms. The zero-order valence-corrected chi connectivity index (χ0v) is 9.92. The van der Waals surface area contributed by atoms with Gasteiger partial charge in [0.2, 0.25) is 5.82 Å². The average molecular weight is 275 g/mol. The summed E-state index contributed by atoms with van der Waals surface area (Å²) in [6.07, 6.45) is 2.65. The van der Waals surface area contributed by atoms with Gasteiger partial charge in [0, 0.05) is 6.20 Å². The first-order valence-electron chi connectivity index (χ1n) is 5.53. The van der Waals surface area contributed by atoms with Gasteiger partial charge in [0.25, 0.3) is 5.91 Å². The van der Waals surface area contributed by atoms with Crippen molar-refractivity contribution in [1.82, 2.24) is 19.7 Å². The third-order valence-corrected chi connectivity index (χ3v) is 2.68. The summed E-state index contributed by atoms with van der Waals surface area (Å²) in [7, 11) is 0. The van der Waals surface area contributed by atoms with Crippen LogP contribution in [0.3, 0.4) is 0 Å². The maximum atomic E-state index is 13.8. The summed E-state index contributed by atoms with van der Waals surface area (Å²) in [6.45, 7) is 0. The number of aromatic nitrogens is 4. The molecule has 100 valence electrons. The Bertz CT molecular complexity index is 810. The Morgan fingerprint density at radius 2 is 1.90 bits per heavy atom. The van der Waals surface area contributed by atoms with Crippen LogP contribution in [0.5, 0.6) is 0 Å². The van der Waals surface area contributed by atoms with Crippen molar-refractivity contribution < 1.29 is 13.6 Å². The minimum absolute atomic E-state index is 0.0952. The second kappa shape index (κ2) is 4.34. The second-order valence-corrected chi connectivity index (χ2v) is 3.96. The first-order valence-corrected chi connectivity index (χ1v) is 5.53. The molecule has 0 fully saturated rings. The highest BCUT2D eigenvalue weighted by Crippen LogP contribution is 2.21. The SMILES string of the molecule is NC(=O)c1ncc2cnn(-c3c(F)cccc3F)c2n1. The number of benzene rings is 1. The Balaban J connectivity index is 2.31. The van der Waals surface area contributed by atoms with Crippen LogP contribution in [0.4, 0.5) is 8.78 Å². The molecule has 0 saturated carbocycles. The molecule has 0 aliphatic heterocycles. The van der Waals surface area contributed by atoms with Crippen molar-refractivity contribution >= 4 is 16.9 Å². The van der Waals surface area contributed by atoms with E-state index in [-0.39, 0.29) is 17.2 Å². The van der Waals surface area contributed by atoms with Gasteiger partial charge in [0.1, 0.15) is 5.69 Å². The van der Waals surface area contributed by atoms with Crippen LogP contribution < -0.4 is 5.73 Å². The monoisotopic (exact) mass is 275 g/mol. The quantitative estimate of drug-likeness (QED) is 0.761. The number of carbonyl (C=O) groups is 1. The lowest BCUT2D eigenvalue weighted by Crippen LogP contribution is -2.15. The van der Waals surface area contributed by atoms with Crippen LogP contribution in [-0.4, -0.2) is 25.7 Å². The van der Waals surface area contributed by atoms with Gasteiger partial charge >= 0.3 is 0 Å². The lowest BCUT2D eigenvalue weighted by atomic mass is 10.3. The number of nitrogens with zero attached hydrogens (tertiary/aromatic N) is 4. The smallest absolute Gasteiger partial charge is 0.286 e. The molecule has 0 aliphatic rings. The molecule has 20 heavy (non-hydrogen) atoms. The standard InChI is InChI=1S/C12H7F2N5O/c13-7-2-1-3-8(14)9(7)19-12-6(5-17-19)4-16-11(18-12)10(15)20/h1-5H,(H2,15,20). The molecule has 2 heterocycles. The molecule has 0 saturated heterocycles. The Hall–Kier alpha value is -2.90. The Kier molecular flexibility index (Phi) is 2.63. The van der Waals surface area contributed by atoms with Crippen LogP contribution in [0.15, 0.2) is 30.6 Å². The number of amides is 1. The zero-order chi connectivity index (χ0) is 14.3. The molecule has 2 aromatic heterocycles. The Morgan fingerprint density at radius 3 is 2.55 bits per heavy atom. The van der Waals surface area contributed by atoms with Crippen LogP contribution in [-0.2, 0) is 0 Å². The minimum atomic E-state index is -0.839. The lowest BCUT2D eigenvalue weighted by Gasteiger charge is -2.05. The van der Waals surface area contributed by atoms with Crippen LogP contribution >= 0.6 is 0 Å². The number of halogens is 2. The molecule has 0 radical (unpaired) electrons. The summed E-state index contributed by atoms with van der Waals surface area (Å²) < 4.78 is 28.5. The Labute approximate surface area is 110 Å². The molecule has 0 unspecified atom stereocenters. The van der Waals surface area contributed by atoms with Gasteiger partial charge in [-0.25, -0.2) is 23.4 Å². The fourth-order valence-electron chi connectivity index (χ4n) is 1.79. The fourth-order valence-corrected chi connectivity index (χ4v) is 1.79. The van der Waals surface area contributed by atoms with Crippen molar-refractivity contribution in [3.8, 4) is 5.69 Å². The second-order valence-electron chi connectivity index (χ2n) is 3.96. The summed E-state index contributed by atoms with van der Waals surface area (Å²) in [5.74, 6) is -2.69. The maximum absolute atomic E-state index is 13.8. The van der Waals surface area contributed by atoms with Gasteiger partial charge in [-0.3, -0.25) is 4.79 Å². The summed E-state index contributed by atoms with van der Waals surface area (Å²) in [5, 5.41) is 4.30. The van der Waals surface area contributed by atoms with Crippen LogP contribution in [0.1, 0.15) is 10.6 Å². The van der Waals surface area contributed by atoms with E-state index < -0.39 is 17.5 Å². The van der Waals surface area contributed by atoms with Gasteiger partial charge in [-0.2, -0.15) is 5.10 Å². The number of fused-ring (bicyclic) bond motifs is 1. The van der Waals surface area contributed by atoms with Crippen LogP contribution in [0, 0.1) is 11.6 Å². The van der Waals surface area contributed by atoms with Crippen molar-refractivity contribution in [3.63, 3.8) is 0 Å². The van der Waals surface area contributed by atoms with E-state index in [4.69, 9.17) is 5.73 Å². The number of hydrogen-bond donors (Lipinski definition) is 1. The van der Waals surface area contributed by atoms with Crippen molar-refractivity contribution in [3.05, 3.63) is 48.1 Å². The summed E-state index contributed by atoms with van der Waals surface area (Å²) in [6, 6.07) is 3.44. The fraction of sp³-hybridized carbons (Fsp3) is 0. The van der Waals surface area contributed by atoms with Gasteiger partial charge in [-0.15, -0.1) is 0 Å². The van der Waals surface area contributed by atoms with Crippen molar-refractivity contribution in [2.45, 2.75) is 0 Å². The number of carbonyl (C=O) groups excluding carboxylic acids is 1. The average Bonchev–Trinajstić information content (AvgIpc) is 2.81. The molecular formula is C12H7F2N5O. The first-order chi connectivity index (χ1) is 9.58. The first kappa shape index (κ1) is 12.2. The van der Waals surface area contributed by atoms with Crippen molar-refractivity contribution in [2.24, 2.45) is 5.73 Å². The highest BCUT2D eigenvalue weighted by molar-refractivity contribution is 5.90. The minimum Gasteiger partial charge on any atom is -0.363 e. The topological polar surface area (TPSA) is 86.7 Å². The molecule has 0 atom stereocenters. The van der Waals surface area contributed by atoms with E-state index in [0.717, 1.165) is 16.8 Å². The molecule has 3 rings (SSSR count). The van der Waals surface area contributed by atoms with Crippen molar-refractivity contribution in [2.75, 3.05) is 0 Å². The maximum Gasteiger partial charge on any atom is 0.286 e. The van der Waals surface area contributed by atoms with Gasteiger partial charge in [0.05, 0.1) is 11.6 Å². The molecule has 2 N–H and O–H groups in total. The molecule has 6 nitrogen and oxygen atoms in total. The number of rotatable bonds is 2. The molecule has 1 amide bonds.